The van der Waals surface area contributed by atoms with Gasteiger partial charge in [0.25, 0.3) is 5.91 Å². The third-order valence-corrected chi connectivity index (χ3v) is 3.10. The number of nitrogens with zero attached hydrogens (tertiary/aromatic N) is 1. The molecule has 1 aliphatic rings. The zero-order chi connectivity index (χ0) is 12.8. The number of phenols is 1. The minimum absolute atomic E-state index is 0.0877. The molecule has 1 amide bonds. The Balaban J connectivity index is 1.96. The molecular weight excluding hydrogens is 228 g/mol. The van der Waals surface area contributed by atoms with E-state index in [4.69, 9.17) is 0 Å². The number of aromatic hydroxyl groups is 1. The Hall–Kier alpha value is -1.84. The minimum atomic E-state index is -0.275. The largest absolute Gasteiger partial charge is 0.508 e. The van der Waals surface area contributed by atoms with Crippen molar-refractivity contribution in [2.45, 2.75) is 38.5 Å². The number of carbonyl (C=O) groups is 1. The molecular formula is C14H18N2O2. The Kier molecular flexibility index (Phi) is 4.34. The molecule has 1 aliphatic carbocycles. The molecule has 0 radical (unpaired) electrons. The van der Waals surface area contributed by atoms with Crippen LogP contribution in [-0.4, -0.2) is 16.7 Å². The zero-order valence-electron chi connectivity index (χ0n) is 10.4. The maximum Gasteiger partial charge on any atom is 0.271 e. The lowest BCUT2D eigenvalue weighted by Crippen LogP contribution is -2.19. The van der Waals surface area contributed by atoms with E-state index in [1.54, 1.807) is 12.1 Å². The first-order valence-corrected chi connectivity index (χ1v) is 6.40. The molecule has 0 unspecified atom stereocenters. The molecule has 1 saturated carbocycles. The zero-order valence-corrected chi connectivity index (χ0v) is 10.4. The van der Waals surface area contributed by atoms with Gasteiger partial charge in [-0.1, -0.05) is 18.9 Å². The van der Waals surface area contributed by atoms with Crippen LogP contribution in [0.5, 0.6) is 5.75 Å². The predicted octanol–water partition coefficient (Wildman–Crippen LogP) is 2.83. The summed E-state index contributed by atoms with van der Waals surface area (Å²) in [5, 5.41) is 13.5. The smallest absolute Gasteiger partial charge is 0.271 e. The summed E-state index contributed by atoms with van der Waals surface area (Å²) in [6.45, 7) is 0. The lowest BCUT2D eigenvalue weighted by atomic mass is 10.2. The van der Waals surface area contributed by atoms with E-state index in [0.717, 1.165) is 31.4 Å². The van der Waals surface area contributed by atoms with E-state index in [9.17, 15) is 9.90 Å². The first-order chi connectivity index (χ1) is 8.75. The number of rotatable bonds is 2. The molecule has 4 heteroatoms. The van der Waals surface area contributed by atoms with Gasteiger partial charge in [-0.05, 0) is 43.9 Å². The molecule has 18 heavy (non-hydrogen) atoms. The number of hydrogen-bond donors (Lipinski definition) is 2. The van der Waals surface area contributed by atoms with Gasteiger partial charge in [-0.3, -0.25) is 4.79 Å². The summed E-state index contributed by atoms with van der Waals surface area (Å²) >= 11 is 0. The Morgan fingerprint density at radius 3 is 2.56 bits per heavy atom. The lowest BCUT2D eigenvalue weighted by Gasteiger charge is -2.04. The van der Waals surface area contributed by atoms with Gasteiger partial charge < -0.3 is 5.11 Å². The molecule has 0 heterocycles. The van der Waals surface area contributed by atoms with E-state index < -0.39 is 0 Å². The van der Waals surface area contributed by atoms with Crippen molar-refractivity contribution in [3.8, 4) is 5.75 Å². The molecule has 1 fully saturated rings. The molecule has 0 bridgehead atoms. The van der Waals surface area contributed by atoms with Crippen LogP contribution in [0.4, 0.5) is 0 Å². The van der Waals surface area contributed by atoms with Gasteiger partial charge in [0.1, 0.15) is 5.75 Å². The molecule has 2 rings (SSSR count). The van der Waals surface area contributed by atoms with Gasteiger partial charge in [-0.15, -0.1) is 0 Å². The highest BCUT2D eigenvalue weighted by molar-refractivity contribution is 5.95. The Labute approximate surface area is 107 Å². The maximum atomic E-state index is 11.8. The van der Waals surface area contributed by atoms with Crippen molar-refractivity contribution in [1.29, 1.82) is 0 Å². The van der Waals surface area contributed by atoms with E-state index in [1.165, 1.54) is 25.0 Å². The molecule has 0 aliphatic heterocycles. The molecule has 1 aromatic carbocycles. The number of hydrogen-bond acceptors (Lipinski definition) is 3. The van der Waals surface area contributed by atoms with Crippen molar-refractivity contribution in [2.24, 2.45) is 5.10 Å². The Bertz CT molecular complexity index is 445. The number of phenolic OH excluding ortho intramolecular Hbond substituents is 1. The minimum Gasteiger partial charge on any atom is -0.508 e. The summed E-state index contributed by atoms with van der Waals surface area (Å²) in [4.78, 5) is 11.8. The van der Waals surface area contributed by atoms with Crippen LogP contribution >= 0.6 is 0 Å². The quantitative estimate of drug-likeness (QED) is 0.622. The fourth-order valence-corrected chi connectivity index (χ4v) is 2.09. The van der Waals surface area contributed by atoms with Gasteiger partial charge in [0.15, 0.2) is 0 Å². The SMILES string of the molecule is O=C(NN=C1CCCCCC1)c1cccc(O)c1. The van der Waals surface area contributed by atoms with Crippen molar-refractivity contribution < 1.29 is 9.90 Å². The second kappa shape index (κ2) is 6.19. The monoisotopic (exact) mass is 246 g/mol. The second-order valence-electron chi connectivity index (χ2n) is 4.58. The van der Waals surface area contributed by atoms with E-state index >= 15 is 0 Å². The van der Waals surface area contributed by atoms with Crippen LogP contribution in [0, 0.1) is 0 Å². The van der Waals surface area contributed by atoms with E-state index in [-0.39, 0.29) is 11.7 Å². The van der Waals surface area contributed by atoms with Crippen molar-refractivity contribution in [1.82, 2.24) is 5.43 Å². The summed E-state index contributed by atoms with van der Waals surface area (Å²) in [7, 11) is 0. The summed E-state index contributed by atoms with van der Waals surface area (Å²) < 4.78 is 0. The average Bonchev–Trinajstić information content (AvgIpc) is 2.64. The van der Waals surface area contributed by atoms with Crippen LogP contribution in [0.25, 0.3) is 0 Å². The Morgan fingerprint density at radius 1 is 1.17 bits per heavy atom. The van der Waals surface area contributed by atoms with Crippen molar-refractivity contribution in [3.05, 3.63) is 29.8 Å². The Morgan fingerprint density at radius 2 is 1.89 bits per heavy atom. The fourth-order valence-electron chi connectivity index (χ4n) is 2.09. The second-order valence-corrected chi connectivity index (χ2v) is 4.58. The number of carbonyl (C=O) groups excluding carboxylic acids is 1. The number of amides is 1. The molecule has 0 spiro atoms. The first-order valence-electron chi connectivity index (χ1n) is 6.40. The number of benzene rings is 1. The van der Waals surface area contributed by atoms with Crippen molar-refractivity contribution >= 4 is 11.6 Å². The van der Waals surface area contributed by atoms with E-state index in [1.807, 2.05) is 0 Å². The summed E-state index contributed by atoms with van der Waals surface area (Å²) in [5.41, 5.74) is 4.06. The molecule has 1 aromatic rings. The molecule has 0 atom stereocenters. The standard InChI is InChI=1S/C14H18N2O2/c17-13-9-5-6-11(10-13)14(18)16-15-12-7-3-1-2-4-8-12/h5-6,9-10,17H,1-4,7-8H2,(H,16,18). The summed E-state index contributed by atoms with van der Waals surface area (Å²) in [6.07, 6.45) is 6.75. The molecule has 4 nitrogen and oxygen atoms in total. The van der Waals surface area contributed by atoms with Gasteiger partial charge in [0, 0.05) is 11.3 Å². The topological polar surface area (TPSA) is 61.7 Å². The predicted molar refractivity (Wildman–Crippen MR) is 70.7 cm³/mol. The fraction of sp³-hybridized carbons (Fsp3) is 0.429. The average molecular weight is 246 g/mol. The van der Waals surface area contributed by atoms with Gasteiger partial charge in [-0.2, -0.15) is 5.10 Å². The van der Waals surface area contributed by atoms with Crippen molar-refractivity contribution in [3.63, 3.8) is 0 Å². The third kappa shape index (κ3) is 3.58. The normalized spacial score (nSPS) is 15.9. The lowest BCUT2D eigenvalue weighted by molar-refractivity contribution is 0.0954. The summed E-state index contributed by atoms with van der Waals surface area (Å²) in [5.74, 6) is -0.188. The van der Waals surface area contributed by atoms with E-state index in [2.05, 4.69) is 10.5 Å². The molecule has 0 saturated heterocycles. The number of hydrazone groups is 1. The van der Waals surface area contributed by atoms with Crippen molar-refractivity contribution in [2.75, 3.05) is 0 Å². The van der Waals surface area contributed by atoms with Crippen LogP contribution in [-0.2, 0) is 0 Å². The highest BCUT2D eigenvalue weighted by Gasteiger charge is 2.08. The van der Waals surface area contributed by atoms with Gasteiger partial charge in [0.05, 0.1) is 0 Å². The molecule has 96 valence electrons. The summed E-state index contributed by atoms with van der Waals surface area (Å²) in [6, 6.07) is 6.27. The van der Waals surface area contributed by atoms with Crippen LogP contribution in [0.15, 0.2) is 29.4 Å². The number of nitrogens with one attached hydrogen (secondary N) is 1. The van der Waals surface area contributed by atoms with Gasteiger partial charge in [-0.25, -0.2) is 5.43 Å². The van der Waals surface area contributed by atoms with E-state index in [0.29, 0.717) is 5.56 Å². The highest BCUT2D eigenvalue weighted by atomic mass is 16.3. The van der Waals surface area contributed by atoms with Crippen LogP contribution in [0.2, 0.25) is 0 Å². The van der Waals surface area contributed by atoms with Crippen LogP contribution < -0.4 is 5.43 Å². The maximum absolute atomic E-state index is 11.8. The van der Waals surface area contributed by atoms with Gasteiger partial charge >= 0.3 is 0 Å². The van der Waals surface area contributed by atoms with Crippen LogP contribution in [0.1, 0.15) is 48.9 Å². The first kappa shape index (κ1) is 12.6. The van der Waals surface area contributed by atoms with Gasteiger partial charge in [0.2, 0.25) is 0 Å². The third-order valence-electron chi connectivity index (χ3n) is 3.10. The molecule has 0 aromatic heterocycles. The van der Waals surface area contributed by atoms with Crippen LogP contribution in [0.3, 0.4) is 0 Å². The highest BCUT2D eigenvalue weighted by Crippen LogP contribution is 2.15. The molecule has 2 N–H and O–H groups in total.